The first-order valence-electron chi connectivity index (χ1n) is 10.1. The van der Waals surface area contributed by atoms with Gasteiger partial charge in [-0.15, -0.1) is 22.0 Å². The highest BCUT2D eigenvalue weighted by molar-refractivity contribution is 7.15. The largest absolute Gasteiger partial charge is 0.494 e. The summed E-state index contributed by atoms with van der Waals surface area (Å²) in [6.07, 6.45) is 3.85. The number of aromatic nitrogens is 1. The monoisotopic (exact) mass is 457 g/mol. The van der Waals surface area contributed by atoms with Crippen molar-refractivity contribution in [1.82, 2.24) is 21.4 Å². The van der Waals surface area contributed by atoms with Crippen molar-refractivity contribution in [3.63, 3.8) is 0 Å². The number of ether oxygens (including phenoxy) is 1. The number of nitrogens with one attached hydrogen (secondary N) is 3. The molecule has 0 radical (unpaired) electrons. The average Bonchev–Trinajstić information content (AvgIpc) is 3.38. The van der Waals surface area contributed by atoms with Gasteiger partial charge in [-0.3, -0.25) is 0 Å². The van der Waals surface area contributed by atoms with Crippen molar-refractivity contribution in [3.8, 4) is 16.2 Å². The number of nitrogen functional groups attached to an aromatic ring is 1. The Bertz CT molecular complexity index is 1190. The van der Waals surface area contributed by atoms with Gasteiger partial charge in [0.2, 0.25) is 5.82 Å². The maximum absolute atomic E-state index is 14.7. The number of halogens is 2. The molecule has 1 aromatic carbocycles. The predicted octanol–water partition coefficient (Wildman–Crippen LogP) is 2.91. The molecule has 0 amide bonds. The quantitative estimate of drug-likeness (QED) is 0.478. The zero-order chi connectivity index (χ0) is 22.2. The maximum atomic E-state index is 14.7. The summed E-state index contributed by atoms with van der Waals surface area (Å²) in [5, 5.41) is 8.90. The summed E-state index contributed by atoms with van der Waals surface area (Å²) in [5.74, 6) is -1.87. The lowest BCUT2D eigenvalue weighted by molar-refractivity contribution is 0.372. The molecule has 4 heterocycles. The number of fused-ring (bicyclic) bond motifs is 1. The fraction of sp³-hybridized carbons (Fsp3) is 0.238. The lowest BCUT2D eigenvalue weighted by Gasteiger charge is -2.21. The molecule has 0 aliphatic carbocycles. The van der Waals surface area contributed by atoms with Gasteiger partial charge in [0.15, 0.2) is 17.4 Å². The Labute approximate surface area is 187 Å². The summed E-state index contributed by atoms with van der Waals surface area (Å²) in [7, 11) is 1.28. The summed E-state index contributed by atoms with van der Waals surface area (Å²) in [4.78, 5) is 6.72. The van der Waals surface area contributed by atoms with Gasteiger partial charge in [-0.2, -0.15) is 4.39 Å². The van der Waals surface area contributed by atoms with Crippen molar-refractivity contribution < 1.29 is 13.5 Å². The average molecular weight is 458 g/mol. The van der Waals surface area contributed by atoms with Crippen molar-refractivity contribution in [2.24, 2.45) is 5.10 Å². The number of benzene rings is 1. The molecule has 32 heavy (non-hydrogen) atoms. The zero-order valence-corrected chi connectivity index (χ0v) is 18.0. The molecule has 0 atom stereocenters. The van der Waals surface area contributed by atoms with E-state index in [-0.39, 0.29) is 23.1 Å². The fourth-order valence-electron chi connectivity index (χ4n) is 3.80. The van der Waals surface area contributed by atoms with Crippen LogP contribution >= 0.6 is 11.3 Å². The molecule has 0 unspecified atom stereocenters. The second-order valence-electron chi connectivity index (χ2n) is 7.41. The van der Waals surface area contributed by atoms with E-state index >= 15 is 0 Å². The lowest BCUT2D eigenvalue weighted by atomic mass is 10.1. The van der Waals surface area contributed by atoms with Crippen LogP contribution < -0.4 is 31.9 Å². The van der Waals surface area contributed by atoms with Crippen LogP contribution in [0.5, 0.6) is 5.75 Å². The highest BCUT2D eigenvalue weighted by atomic mass is 32.1. The summed E-state index contributed by atoms with van der Waals surface area (Å²) in [6, 6.07) is 6.78. The molecule has 3 aromatic rings. The van der Waals surface area contributed by atoms with E-state index in [1.165, 1.54) is 34.7 Å². The summed E-state index contributed by atoms with van der Waals surface area (Å²) in [5.41, 5.74) is 14.1. The summed E-state index contributed by atoms with van der Waals surface area (Å²) < 4.78 is 33.9. The molecular formula is C21H21F2N7OS. The van der Waals surface area contributed by atoms with E-state index in [1.54, 1.807) is 17.5 Å². The van der Waals surface area contributed by atoms with Gasteiger partial charge in [0.25, 0.3) is 0 Å². The molecule has 2 aliphatic heterocycles. The van der Waals surface area contributed by atoms with Crippen molar-refractivity contribution in [2.75, 3.05) is 24.4 Å². The highest BCUT2D eigenvalue weighted by Crippen LogP contribution is 2.35. The topological polar surface area (TPSA) is 99.8 Å². The molecule has 0 saturated heterocycles. The van der Waals surface area contributed by atoms with E-state index < -0.39 is 11.6 Å². The Morgan fingerprint density at radius 1 is 1.22 bits per heavy atom. The van der Waals surface area contributed by atoms with Crippen LogP contribution in [-0.2, 0) is 13.0 Å². The number of nitrogens with two attached hydrogens (primary N) is 1. The minimum atomic E-state index is -1.09. The summed E-state index contributed by atoms with van der Waals surface area (Å²) in [6.45, 7) is 1.87. The number of methoxy groups -OCH3 is 1. The number of hydrazone groups is 1. The van der Waals surface area contributed by atoms with E-state index in [0.29, 0.717) is 5.56 Å². The maximum Gasteiger partial charge on any atom is 0.202 e. The number of rotatable bonds is 4. The molecule has 2 aliphatic rings. The van der Waals surface area contributed by atoms with Gasteiger partial charge in [0, 0.05) is 28.1 Å². The predicted molar refractivity (Wildman–Crippen MR) is 120 cm³/mol. The van der Waals surface area contributed by atoms with Gasteiger partial charge >= 0.3 is 0 Å². The Morgan fingerprint density at radius 2 is 2.09 bits per heavy atom. The molecule has 5 rings (SSSR count). The van der Waals surface area contributed by atoms with Gasteiger partial charge in [0.1, 0.15) is 11.5 Å². The van der Waals surface area contributed by atoms with Crippen molar-refractivity contribution >= 4 is 28.7 Å². The van der Waals surface area contributed by atoms with E-state index in [2.05, 4.69) is 32.5 Å². The van der Waals surface area contributed by atoms with Gasteiger partial charge in [-0.05, 0) is 49.2 Å². The Balaban J connectivity index is 1.52. The molecule has 5 N–H and O–H groups in total. The zero-order valence-electron chi connectivity index (χ0n) is 17.2. The van der Waals surface area contributed by atoms with Crippen LogP contribution in [0.15, 0.2) is 35.6 Å². The van der Waals surface area contributed by atoms with Crippen LogP contribution in [0.3, 0.4) is 0 Å². The van der Waals surface area contributed by atoms with E-state index in [4.69, 9.17) is 10.5 Å². The number of aryl methyl sites for hydroxylation is 1. The van der Waals surface area contributed by atoms with Crippen LogP contribution in [-0.4, -0.2) is 24.5 Å². The van der Waals surface area contributed by atoms with Gasteiger partial charge in [-0.25, -0.2) is 19.9 Å². The number of nitrogens with zero attached hydrogens (tertiary/aromatic N) is 3. The second kappa shape index (κ2) is 8.34. The first kappa shape index (κ1) is 20.6. The van der Waals surface area contributed by atoms with Crippen LogP contribution in [0.1, 0.15) is 22.4 Å². The highest BCUT2D eigenvalue weighted by Gasteiger charge is 2.28. The number of hydrogen-bond acceptors (Lipinski definition) is 9. The number of pyridine rings is 1. The molecule has 166 valence electrons. The molecule has 11 heteroatoms. The minimum Gasteiger partial charge on any atom is -0.494 e. The molecule has 2 aromatic heterocycles. The number of anilines is 2. The molecule has 8 nitrogen and oxygen atoms in total. The van der Waals surface area contributed by atoms with Crippen LogP contribution in [0, 0.1) is 11.6 Å². The molecule has 0 spiro atoms. The standard InChI is InChI=1S/C21H21F2N7OS/c1-31-15-5-4-14(18(22)19(15)23)30-21(27-28-29-30)13-7-12(9-26-20(13)24)16-8-11-3-2-6-25-10-17(11)32-16/h4-5,7-9,25,28-29H,2-3,6,10H2,1H3,(H2,24,26). The van der Waals surface area contributed by atoms with E-state index in [0.717, 1.165) is 36.4 Å². The normalized spacial score (nSPS) is 15.7. The van der Waals surface area contributed by atoms with Crippen LogP contribution in [0.25, 0.3) is 10.4 Å². The molecule has 0 fully saturated rings. The van der Waals surface area contributed by atoms with Crippen LogP contribution in [0.4, 0.5) is 20.3 Å². The Hall–Kier alpha value is -3.28. The number of hydrazine groups is 2. The van der Waals surface area contributed by atoms with E-state index in [9.17, 15) is 8.78 Å². The summed E-state index contributed by atoms with van der Waals surface area (Å²) >= 11 is 1.71. The lowest BCUT2D eigenvalue weighted by Crippen LogP contribution is -2.42. The Kier molecular flexibility index (Phi) is 5.37. The van der Waals surface area contributed by atoms with Crippen molar-refractivity contribution in [1.29, 1.82) is 0 Å². The van der Waals surface area contributed by atoms with Crippen molar-refractivity contribution in [2.45, 2.75) is 19.4 Å². The van der Waals surface area contributed by atoms with Crippen molar-refractivity contribution in [3.05, 3.63) is 58.1 Å². The fourth-order valence-corrected chi connectivity index (χ4v) is 4.97. The second-order valence-corrected chi connectivity index (χ2v) is 8.54. The first-order chi connectivity index (χ1) is 15.6. The molecular weight excluding hydrogens is 436 g/mol. The number of amidine groups is 1. The third-order valence-corrected chi connectivity index (χ3v) is 6.67. The van der Waals surface area contributed by atoms with Gasteiger partial charge in [-0.1, -0.05) is 0 Å². The Morgan fingerprint density at radius 3 is 2.94 bits per heavy atom. The number of thiophene rings is 1. The van der Waals surface area contributed by atoms with E-state index in [1.807, 2.05) is 6.07 Å². The number of hydrogen-bond donors (Lipinski definition) is 4. The van der Waals surface area contributed by atoms with Gasteiger partial charge in [0.05, 0.1) is 12.7 Å². The molecule has 0 saturated carbocycles. The third kappa shape index (κ3) is 3.53. The molecule has 0 bridgehead atoms. The van der Waals surface area contributed by atoms with Gasteiger partial charge < -0.3 is 15.8 Å². The van der Waals surface area contributed by atoms with Crippen LogP contribution in [0.2, 0.25) is 0 Å². The smallest absolute Gasteiger partial charge is 0.202 e. The SMILES string of the molecule is COc1ccc(N2NNN=C2c2cc(-c3cc4c(s3)CNCCC4)cnc2N)c(F)c1F. The first-order valence-corrected chi connectivity index (χ1v) is 10.9. The third-order valence-electron chi connectivity index (χ3n) is 5.45. The minimum absolute atomic E-state index is 0.0780.